The summed E-state index contributed by atoms with van der Waals surface area (Å²) in [5.74, 6) is -0.878. The molecule has 0 radical (unpaired) electrons. The minimum atomic E-state index is -3.08. The first-order chi connectivity index (χ1) is 8.85. The summed E-state index contributed by atoms with van der Waals surface area (Å²) in [7, 11) is -3.08. The molecular formula is C12H11NO5S. The molecule has 6 nitrogen and oxygen atoms in total. The third-order valence-corrected chi connectivity index (χ3v) is 3.25. The number of aromatic carboxylic acids is 1. The molecule has 0 bridgehead atoms. The van der Waals surface area contributed by atoms with E-state index in [0.29, 0.717) is 16.9 Å². The van der Waals surface area contributed by atoms with E-state index >= 15 is 0 Å². The van der Waals surface area contributed by atoms with Gasteiger partial charge in [0.2, 0.25) is 0 Å². The van der Waals surface area contributed by atoms with Crippen molar-refractivity contribution in [3.8, 4) is 11.3 Å². The first-order valence-corrected chi connectivity index (χ1v) is 7.38. The molecule has 2 aromatic rings. The smallest absolute Gasteiger partial charge is 0.358 e. The molecule has 0 aliphatic rings. The predicted octanol–water partition coefficient (Wildman–Crippen LogP) is 1.58. The fourth-order valence-electron chi connectivity index (χ4n) is 1.58. The van der Waals surface area contributed by atoms with Crippen molar-refractivity contribution >= 4 is 15.8 Å². The van der Waals surface area contributed by atoms with E-state index in [1.165, 1.54) is 6.07 Å². The number of nitrogens with zero attached hydrogens (tertiary/aromatic N) is 1. The first-order valence-electron chi connectivity index (χ1n) is 5.32. The van der Waals surface area contributed by atoms with E-state index in [1.807, 2.05) is 0 Å². The van der Waals surface area contributed by atoms with Gasteiger partial charge >= 0.3 is 5.97 Å². The molecule has 0 aliphatic carbocycles. The van der Waals surface area contributed by atoms with Crippen molar-refractivity contribution in [1.82, 2.24) is 5.16 Å². The Labute approximate surface area is 109 Å². The maximum absolute atomic E-state index is 11.1. The van der Waals surface area contributed by atoms with E-state index in [2.05, 4.69) is 5.16 Å². The van der Waals surface area contributed by atoms with Gasteiger partial charge in [0.25, 0.3) is 0 Å². The fourth-order valence-corrected chi connectivity index (χ4v) is 2.38. The molecule has 1 N–H and O–H groups in total. The van der Waals surface area contributed by atoms with Crippen LogP contribution in [0.2, 0.25) is 0 Å². The summed E-state index contributed by atoms with van der Waals surface area (Å²) >= 11 is 0. The van der Waals surface area contributed by atoms with Gasteiger partial charge < -0.3 is 9.63 Å². The molecular weight excluding hydrogens is 270 g/mol. The second-order valence-electron chi connectivity index (χ2n) is 4.15. The monoisotopic (exact) mass is 281 g/mol. The van der Waals surface area contributed by atoms with E-state index in [0.717, 1.165) is 6.26 Å². The zero-order valence-electron chi connectivity index (χ0n) is 10.0. The Kier molecular flexibility index (Phi) is 3.39. The Morgan fingerprint density at radius 1 is 1.32 bits per heavy atom. The average molecular weight is 281 g/mol. The Morgan fingerprint density at radius 2 is 1.95 bits per heavy atom. The Bertz CT molecular complexity index is 700. The highest BCUT2D eigenvalue weighted by atomic mass is 32.2. The lowest BCUT2D eigenvalue weighted by Crippen LogP contribution is -2.00. The maximum atomic E-state index is 11.1. The molecule has 0 atom stereocenters. The summed E-state index contributed by atoms with van der Waals surface area (Å²) in [5.41, 5.74) is 1.12. The predicted molar refractivity (Wildman–Crippen MR) is 67.4 cm³/mol. The first kappa shape index (κ1) is 13.3. The largest absolute Gasteiger partial charge is 0.476 e. The molecule has 0 unspecified atom stereocenters. The van der Waals surface area contributed by atoms with Crippen LogP contribution >= 0.6 is 0 Å². The van der Waals surface area contributed by atoms with Crippen LogP contribution in [-0.2, 0) is 15.6 Å². The Morgan fingerprint density at radius 3 is 2.42 bits per heavy atom. The molecule has 0 saturated carbocycles. The highest BCUT2D eigenvalue weighted by Crippen LogP contribution is 2.21. The number of carboxylic acid groups (broad SMARTS) is 1. The van der Waals surface area contributed by atoms with Crippen LogP contribution in [0.4, 0.5) is 0 Å². The SMILES string of the molecule is CS(=O)(=O)Cc1ccc(-c2cc(C(=O)O)no2)cc1. The number of carboxylic acids is 1. The second-order valence-corrected chi connectivity index (χ2v) is 6.29. The lowest BCUT2D eigenvalue weighted by molar-refractivity contribution is 0.0686. The van der Waals surface area contributed by atoms with Crippen molar-refractivity contribution in [3.05, 3.63) is 41.6 Å². The van der Waals surface area contributed by atoms with Gasteiger partial charge in [-0.05, 0) is 5.56 Å². The summed E-state index contributed by atoms with van der Waals surface area (Å²) in [4.78, 5) is 10.7. The highest BCUT2D eigenvalue weighted by Gasteiger charge is 2.12. The van der Waals surface area contributed by atoms with Crippen molar-refractivity contribution in [2.75, 3.05) is 6.26 Å². The third kappa shape index (κ3) is 3.41. The second kappa shape index (κ2) is 4.85. The molecule has 1 heterocycles. The van der Waals surface area contributed by atoms with Gasteiger partial charge in [0.1, 0.15) is 0 Å². The van der Waals surface area contributed by atoms with Gasteiger partial charge in [0.15, 0.2) is 21.3 Å². The number of aromatic nitrogens is 1. The fraction of sp³-hybridized carbons (Fsp3) is 0.167. The van der Waals surface area contributed by atoms with Gasteiger partial charge in [0.05, 0.1) is 5.75 Å². The lowest BCUT2D eigenvalue weighted by Gasteiger charge is -2.00. The number of benzene rings is 1. The number of rotatable bonds is 4. The van der Waals surface area contributed by atoms with E-state index < -0.39 is 15.8 Å². The van der Waals surface area contributed by atoms with E-state index in [9.17, 15) is 13.2 Å². The number of sulfone groups is 1. The Balaban J connectivity index is 2.24. The molecule has 0 saturated heterocycles. The molecule has 100 valence electrons. The number of hydrogen-bond donors (Lipinski definition) is 1. The minimum Gasteiger partial charge on any atom is -0.476 e. The molecule has 1 aromatic heterocycles. The van der Waals surface area contributed by atoms with Crippen LogP contribution in [0.15, 0.2) is 34.9 Å². The van der Waals surface area contributed by atoms with Crippen molar-refractivity contribution in [3.63, 3.8) is 0 Å². The molecule has 1 aromatic carbocycles. The zero-order chi connectivity index (χ0) is 14.0. The van der Waals surface area contributed by atoms with Crippen molar-refractivity contribution < 1.29 is 22.8 Å². The van der Waals surface area contributed by atoms with Crippen LogP contribution < -0.4 is 0 Å². The molecule has 7 heteroatoms. The highest BCUT2D eigenvalue weighted by molar-refractivity contribution is 7.89. The van der Waals surface area contributed by atoms with Gasteiger partial charge in [-0.25, -0.2) is 13.2 Å². The summed E-state index contributed by atoms with van der Waals surface area (Å²) < 4.78 is 27.2. The number of hydrogen-bond acceptors (Lipinski definition) is 5. The van der Waals surface area contributed by atoms with E-state index in [4.69, 9.17) is 9.63 Å². The summed E-state index contributed by atoms with van der Waals surface area (Å²) in [6, 6.07) is 7.94. The average Bonchev–Trinajstić information content (AvgIpc) is 2.77. The van der Waals surface area contributed by atoms with Crippen molar-refractivity contribution in [1.29, 1.82) is 0 Å². The molecule has 0 fully saturated rings. The van der Waals surface area contributed by atoms with Crippen molar-refractivity contribution in [2.45, 2.75) is 5.75 Å². The van der Waals surface area contributed by atoms with Gasteiger partial charge in [-0.15, -0.1) is 0 Å². The van der Waals surface area contributed by atoms with Crippen LogP contribution in [-0.4, -0.2) is 30.9 Å². The molecule has 2 rings (SSSR count). The molecule has 0 spiro atoms. The minimum absolute atomic E-state index is 0.0376. The standard InChI is InChI=1S/C12H11NO5S/c1-19(16,17)7-8-2-4-9(5-3-8)11-6-10(12(14)15)13-18-11/h2-6H,7H2,1H3,(H,14,15). The van der Waals surface area contributed by atoms with Gasteiger partial charge in [-0.2, -0.15) is 0 Å². The van der Waals surface area contributed by atoms with Crippen LogP contribution in [0.25, 0.3) is 11.3 Å². The summed E-state index contributed by atoms with van der Waals surface area (Å²) in [6.45, 7) is 0. The quantitative estimate of drug-likeness (QED) is 0.913. The van der Waals surface area contributed by atoms with Crippen LogP contribution in [0.5, 0.6) is 0 Å². The van der Waals surface area contributed by atoms with E-state index in [1.54, 1.807) is 24.3 Å². The van der Waals surface area contributed by atoms with Gasteiger partial charge in [-0.3, -0.25) is 0 Å². The van der Waals surface area contributed by atoms with Crippen molar-refractivity contribution in [2.24, 2.45) is 0 Å². The van der Waals surface area contributed by atoms with Crippen LogP contribution in [0, 0.1) is 0 Å². The molecule has 0 amide bonds. The topological polar surface area (TPSA) is 97.5 Å². The maximum Gasteiger partial charge on any atom is 0.358 e. The molecule has 0 aliphatic heterocycles. The van der Waals surface area contributed by atoms with E-state index in [-0.39, 0.29) is 11.4 Å². The molecule has 19 heavy (non-hydrogen) atoms. The third-order valence-electron chi connectivity index (χ3n) is 2.40. The normalized spacial score (nSPS) is 11.4. The lowest BCUT2D eigenvalue weighted by atomic mass is 10.1. The Hall–Kier alpha value is -2.15. The summed E-state index contributed by atoms with van der Waals surface area (Å²) in [5, 5.41) is 12.1. The van der Waals surface area contributed by atoms with Gasteiger partial charge in [0, 0.05) is 17.9 Å². The summed E-state index contributed by atoms with van der Waals surface area (Å²) in [6.07, 6.45) is 1.16. The van der Waals surface area contributed by atoms with Crippen LogP contribution in [0.1, 0.15) is 16.1 Å². The van der Waals surface area contributed by atoms with Gasteiger partial charge in [-0.1, -0.05) is 29.4 Å². The van der Waals surface area contributed by atoms with Crippen LogP contribution in [0.3, 0.4) is 0 Å². The zero-order valence-corrected chi connectivity index (χ0v) is 10.8. The number of carbonyl (C=O) groups is 1.